The summed E-state index contributed by atoms with van der Waals surface area (Å²) >= 11 is 0. The number of nitrogens with zero attached hydrogens (tertiary/aromatic N) is 1. The molecule has 120 valence electrons. The van der Waals surface area contributed by atoms with Crippen LogP contribution in [0.25, 0.3) is 0 Å². The van der Waals surface area contributed by atoms with Crippen molar-refractivity contribution in [3.63, 3.8) is 0 Å². The number of hydrogen-bond donors (Lipinski definition) is 0. The molecule has 1 heterocycles. The summed E-state index contributed by atoms with van der Waals surface area (Å²) in [5.74, 6) is 0.130. The number of piperidine rings is 1. The number of sulfonamides is 1. The molecule has 1 atom stereocenters. The quantitative estimate of drug-likeness (QED) is 0.866. The summed E-state index contributed by atoms with van der Waals surface area (Å²) in [5.41, 5.74) is 1.04. The van der Waals surface area contributed by atoms with Crippen molar-refractivity contribution in [1.82, 2.24) is 4.31 Å². The fraction of sp³-hybridized carbons (Fsp3) is 0.278. The van der Waals surface area contributed by atoms with Gasteiger partial charge in [-0.25, -0.2) is 8.42 Å². The first-order chi connectivity index (χ1) is 11.1. The Labute approximate surface area is 136 Å². The van der Waals surface area contributed by atoms with Gasteiger partial charge in [0.05, 0.1) is 4.90 Å². The molecule has 0 amide bonds. The molecule has 0 saturated carbocycles. The average molecular weight is 329 g/mol. The molecule has 4 nitrogen and oxygen atoms in total. The summed E-state index contributed by atoms with van der Waals surface area (Å²) in [6.07, 6.45) is 1.12. The zero-order valence-electron chi connectivity index (χ0n) is 12.8. The molecule has 1 unspecified atom stereocenters. The van der Waals surface area contributed by atoms with E-state index < -0.39 is 10.0 Å². The summed E-state index contributed by atoms with van der Waals surface area (Å²) in [4.78, 5) is 12.1. The van der Waals surface area contributed by atoms with Gasteiger partial charge in [0.2, 0.25) is 10.0 Å². The first-order valence-corrected chi connectivity index (χ1v) is 9.14. The predicted molar refractivity (Wildman–Crippen MR) is 88.5 cm³/mol. The number of rotatable bonds is 4. The maximum absolute atomic E-state index is 12.9. The number of carbonyl (C=O) groups is 1. The van der Waals surface area contributed by atoms with E-state index in [2.05, 4.69) is 0 Å². The van der Waals surface area contributed by atoms with Crippen molar-refractivity contribution in [2.45, 2.75) is 30.2 Å². The minimum absolute atomic E-state index is 0.130. The first kappa shape index (κ1) is 15.9. The monoisotopic (exact) mass is 329 g/mol. The van der Waals surface area contributed by atoms with Crippen LogP contribution in [0.5, 0.6) is 0 Å². The Morgan fingerprint density at radius 3 is 2.22 bits per heavy atom. The molecular weight excluding hydrogens is 310 g/mol. The zero-order valence-corrected chi connectivity index (χ0v) is 13.6. The second kappa shape index (κ2) is 6.64. The Balaban J connectivity index is 1.90. The lowest BCUT2D eigenvalue weighted by molar-refractivity contribution is -0.121. The molecule has 3 rings (SSSR count). The van der Waals surface area contributed by atoms with Crippen LogP contribution in [0.4, 0.5) is 0 Å². The second-order valence-corrected chi connectivity index (χ2v) is 7.66. The Morgan fingerprint density at radius 2 is 1.57 bits per heavy atom. The van der Waals surface area contributed by atoms with E-state index >= 15 is 0 Å². The summed E-state index contributed by atoms with van der Waals surface area (Å²) in [6.45, 7) is 0.258. The van der Waals surface area contributed by atoms with Crippen LogP contribution in [-0.4, -0.2) is 31.1 Å². The van der Waals surface area contributed by atoms with Gasteiger partial charge in [0, 0.05) is 25.4 Å². The molecule has 2 aromatic carbocycles. The molecule has 2 aromatic rings. The summed E-state index contributed by atoms with van der Waals surface area (Å²) < 4.78 is 27.3. The van der Waals surface area contributed by atoms with Gasteiger partial charge in [-0.3, -0.25) is 4.79 Å². The third kappa shape index (κ3) is 3.51. The lowest BCUT2D eigenvalue weighted by Gasteiger charge is -2.34. The van der Waals surface area contributed by atoms with E-state index in [4.69, 9.17) is 0 Å². The largest absolute Gasteiger partial charge is 0.300 e. The van der Waals surface area contributed by atoms with Gasteiger partial charge in [-0.15, -0.1) is 0 Å². The van der Waals surface area contributed by atoms with Crippen LogP contribution >= 0.6 is 0 Å². The van der Waals surface area contributed by atoms with Crippen LogP contribution in [0.3, 0.4) is 0 Å². The Hall–Kier alpha value is -1.98. The molecule has 1 aliphatic heterocycles. The van der Waals surface area contributed by atoms with Gasteiger partial charge in [0.25, 0.3) is 0 Å². The van der Waals surface area contributed by atoms with Gasteiger partial charge >= 0.3 is 0 Å². The third-order valence-electron chi connectivity index (χ3n) is 4.15. The SMILES string of the molecule is O=C1CCN(S(=O)(=O)c2ccccc2)C(Cc2ccccc2)C1. The van der Waals surface area contributed by atoms with E-state index in [9.17, 15) is 13.2 Å². The fourth-order valence-corrected chi connectivity index (χ4v) is 4.63. The van der Waals surface area contributed by atoms with Crippen molar-refractivity contribution >= 4 is 15.8 Å². The minimum atomic E-state index is -3.57. The molecule has 1 fully saturated rings. The Morgan fingerprint density at radius 1 is 0.957 bits per heavy atom. The lowest BCUT2D eigenvalue weighted by Crippen LogP contribution is -2.47. The number of Topliss-reactive ketones (excluding diaryl/α,β-unsaturated/α-hetero) is 1. The van der Waals surface area contributed by atoms with Crippen LogP contribution in [0.15, 0.2) is 65.6 Å². The number of ketones is 1. The van der Waals surface area contributed by atoms with Crippen LogP contribution < -0.4 is 0 Å². The van der Waals surface area contributed by atoms with Crippen molar-refractivity contribution < 1.29 is 13.2 Å². The highest BCUT2D eigenvalue weighted by Crippen LogP contribution is 2.26. The van der Waals surface area contributed by atoms with E-state index in [0.29, 0.717) is 6.42 Å². The van der Waals surface area contributed by atoms with Gasteiger partial charge in [-0.2, -0.15) is 4.31 Å². The molecule has 0 N–H and O–H groups in total. The van der Waals surface area contributed by atoms with Crippen molar-refractivity contribution in [2.24, 2.45) is 0 Å². The standard InChI is InChI=1S/C18H19NO3S/c20-17-11-12-19(23(21,22)18-9-5-2-6-10-18)16(14-17)13-15-7-3-1-4-8-15/h1-10,16H,11-14H2. The van der Waals surface area contributed by atoms with Crippen LogP contribution in [0.1, 0.15) is 18.4 Å². The molecule has 1 aliphatic rings. The van der Waals surface area contributed by atoms with Crippen LogP contribution in [0.2, 0.25) is 0 Å². The first-order valence-electron chi connectivity index (χ1n) is 7.70. The fourth-order valence-electron chi connectivity index (χ4n) is 2.99. The van der Waals surface area contributed by atoms with Gasteiger partial charge in [-0.05, 0) is 24.1 Å². The Bertz CT molecular complexity index is 772. The van der Waals surface area contributed by atoms with Crippen molar-refractivity contribution in [2.75, 3.05) is 6.54 Å². The van der Waals surface area contributed by atoms with E-state index in [0.717, 1.165) is 5.56 Å². The van der Waals surface area contributed by atoms with Gasteiger partial charge < -0.3 is 0 Å². The van der Waals surface area contributed by atoms with E-state index in [-0.39, 0.29) is 36.1 Å². The summed E-state index contributed by atoms with van der Waals surface area (Å²) in [7, 11) is -3.57. The van der Waals surface area contributed by atoms with Crippen molar-refractivity contribution in [1.29, 1.82) is 0 Å². The maximum Gasteiger partial charge on any atom is 0.243 e. The highest BCUT2D eigenvalue weighted by Gasteiger charge is 2.36. The van der Waals surface area contributed by atoms with Crippen molar-refractivity contribution in [3.05, 3.63) is 66.2 Å². The predicted octanol–water partition coefficient (Wildman–Crippen LogP) is 2.65. The molecule has 0 bridgehead atoms. The summed E-state index contributed by atoms with van der Waals surface area (Å²) in [6, 6.07) is 17.8. The van der Waals surface area contributed by atoms with Crippen LogP contribution in [-0.2, 0) is 21.2 Å². The van der Waals surface area contributed by atoms with Crippen LogP contribution in [0, 0.1) is 0 Å². The van der Waals surface area contributed by atoms with E-state index in [1.54, 1.807) is 30.3 Å². The Kier molecular flexibility index (Phi) is 4.59. The summed E-state index contributed by atoms with van der Waals surface area (Å²) in [5, 5.41) is 0. The van der Waals surface area contributed by atoms with Gasteiger partial charge in [0.1, 0.15) is 5.78 Å². The number of benzene rings is 2. The molecular formula is C18H19NO3S. The normalized spacial score (nSPS) is 19.7. The third-order valence-corrected chi connectivity index (χ3v) is 6.11. The van der Waals surface area contributed by atoms with Gasteiger partial charge in [-0.1, -0.05) is 48.5 Å². The molecule has 0 aliphatic carbocycles. The number of hydrogen-bond acceptors (Lipinski definition) is 3. The highest BCUT2D eigenvalue weighted by molar-refractivity contribution is 7.89. The van der Waals surface area contributed by atoms with Gasteiger partial charge in [0.15, 0.2) is 0 Å². The van der Waals surface area contributed by atoms with E-state index in [1.165, 1.54) is 4.31 Å². The minimum Gasteiger partial charge on any atom is -0.300 e. The number of carbonyl (C=O) groups excluding carboxylic acids is 1. The molecule has 0 aromatic heterocycles. The smallest absolute Gasteiger partial charge is 0.243 e. The van der Waals surface area contributed by atoms with Crippen molar-refractivity contribution in [3.8, 4) is 0 Å². The van der Waals surface area contributed by atoms with E-state index in [1.807, 2.05) is 30.3 Å². The molecule has 23 heavy (non-hydrogen) atoms. The highest BCUT2D eigenvalue weighted by atomic mass is 32.2. The average Bonchev–Trinajstić information content (AvgIpc) is 2.56. The lowest BCUT2D eigenvalue weighted by atomic mass is 9.97. The molecule has 0 radical (unpaired) electrons. The molecule has 5 heteroatoms. The molecule has 1 saturated heterocycles. The maximum atomic E-state index is 12.9. The molecule has 0 spiro atoms. The zero-order chi connectivity index (χ0) is 16.3. The second-order valence-electron chi connectivity index (χ2n) is 5.77. The topological polar surface area (TPSA) is 54.5 Å².